The van der Waals surface area contributed by atoms with Crippen molar-refractivity contribution in [3.8, 4) is 0 Å². The van der Waals surface area contributed by atoms with Crippen LogP contribution in [0.15, 0.2) is 61.1 Å². The number of aryl methyl sites for hydroxylation is 1. The lowest BCUT2D eigenvalue weighted by Gasteiger charge is -2.18. The van der Waals surface area contributed by atoms with Crippen molar-refractivity contribution >= 4 is 27.9 Å². The highest BCUT2D eigenvalue weighted by Crippen LogP contribution is 2.53. The lowest BCUT2D eigenvalue weighted by Crippen LogP contribution is -2.10. The summed E-state index contributed by atoms with van der Waals surface area (Å²) in [6.07, 6.45) is 9.89. The summed E-state index contributed by atoms with van der Waals surface area (Å²) < 4.78 is 2.16. The SMILES string of the molecule is Cc1ccnc([C@H]2C[C@@H]2c2cc(N(C)C)c3ccc(NCc4cn5cc(C6CC6)ccc5n4)cc3n2)n1. The topological polar surface area (TPSA) is 71.2 Å². The lowest BCUT2D eigenvalue weighted by molar-refractivity contribution is 0.867. The fourth-order valence-corrected chi connectivity index (χ4v) is 5.35. The molecule has 1 N–H and O–H groups in total. The van der Waals surface area contributed by atoms with Gasteiger partial charge in [-0.25, -0.2) is 15.0 Å². The molecule has 1 aromatic carbocycles. The van der Waals surface area contributed by atoms with Crippen molar-refractivity contribution < 1.29 is 0 Å². The van der Waals surface area contributed by atoms with E-state index in [0.29, 0.717) is 18.4 Å². The largest absolute Gasteiger partial charge is 0.379 e. The zero-order chi connectivity index (χ0) is 25.1. The second-order valence-electron chi connectivity index (χ2n) is 10.8. The van der Waals surface area contributed by atoms with E-state index in [0.717, 1.165) is 57.5 Å². The first kappa shape index (κ1) is 22.2. The average molecular weight is 490 g/mol. The average Bonchev–Trinajstić information content (AvgIpc) is 3.82. The molecule has 37 heavy (non-hydrogen) atoms. The van der Waals surface area contributed by atoms with E-state index >= 15 is 0 Å². The number of aromatic nitrogens is 5. The van der Waals surface area contributed by atoms with Crippen LogP contribution in [0, 0.1) is 6.92 Å². The Balaban J connectivity index is 1.14. The molecular formula is C30H31N7. The van der Waals surface area contributed by atoms with Gasteiger partial charge in [0.05, 0.1) is 17.8 Å². The van der Waals surface area contributed by atoms with E-state index in [4.69, 9.17) is 9.97 Å². The molecular weight excluding hydrogens is 458 g/mol. The Morgan fingerprint density at radius 1 is 0.973 bits per heavy atom. The standard InChI is InChI=1S/C30H31N7/c1-18-10-11-31-30(33-18)25-13-24(25)27-14-28(36(2)3)23-8-7-21(12-26(23)35-27)32-15-22-17-37-16-20(19-4-5-19)6-9-29(37)34-22/h6-12,14,16-17,19,24-25,32H,4-5,13,15H2,1-3H3/t24-,25-/m0/s1. The lowest BCUT2D eigenvalue weighted by atomic mass is 10.1. The summed E-state index contributed by atoms with van der Waals surface area (Å²) in [4.78, 5) is 21.3. The number of pyridine rings is 2. The Bertz CT molecular complexity index is 1630. The van der Waals surface area contributed by atoms with E-state index in [1.165, 1.54) is 24.1 Å². The summed E-state index contributed by atoms with van der Waals surface area (Å²) in [6, 6.07) is 15.0. The number of fused-ring (bicyclic) bond motifs is 2. The van der Waals surface area contributed by atoms with Crippen LogP contribution in [0.25, 0.3) is 16.6 Å². The molecule has 2 aliphatic rings. The quantitative estimate of drug-likeness (QED) is 0.311. The molecule has 7 heteroatoms. The van der Waals surface area contributed by atoms with Crippen LogP contribution in [-0.4, -0.2) is 38.4 Å². The molecule has 5 aromatic rings. The normalized spacial score (nSPS) is 18.9. The third-order valence-corrected chi connectivity index (χ3v) is 7.65. The van der Waals surface area contributed by atoms with Crippen molar-refractivity contribution in [3.63, 3.8) is 0 Å². The first-order valence-electron chi connectivity index (χ1n) is 13.1. The fraction of sp³-hybridized carbons (Fsp3) is 0.333. The van der Waals surface area contributed by atoms with Crippen molar-refractivity contribution in [2.75, 3.05) is 24.3 Å². The molecule has 186 valence electrons. The van der Waals surface area contributed by atoms with Gasteiger partial charge >= 0.3 is 0 Å². The van der Waals surface area contributed by atoms with E-state index in [1.807, 2.05) is 19.2 Å². The highest BCUT2D eigenvalue weighted by Gasteiger charge is 2.43. The molecule has 2 aliphatic carbocycles. The Morgan fingerprint density at radius 2 is 1.86 bits per heavy atom. The number of imidazole rings is 1. The summed E-state index contributed by atoms with van der Waals surface area (Å²) in [5, 5.41) is 4.72. The van der Waals surface area contributed by atoms with Crippen molar-refractivity contribution in [3.05, 3.63) is 89.5 Å². The maximum atomic E-state index is 5.12. The number of hydrogen-bond donors (Lipinski definition) is 1. The molecule has 2 atom stereocenters. The number of rotatable bonds is 7. The van der Waals surface area contributed by atoms with Gasteiger partial charge in [-0.1, -0.05) is 6.07 Å². The molecule has 4 heterocycles. The van der Waals surface area contributed by atoms with Gasteiger partial charge in [-0.05, 0) is 74.1 Å². The third kappa shape index (κ3) is 4.28. The highest BCUT2D eigenvalue weighted by molar-refractivity contribution is 5.93. The Morgan fingerprint density at radius 3 is 2.68 bits per heavy atom. The molecule has 2 saturated carbocycles. The predicted molar refractivity (Wildman–Crippen MR) is 147 cm³/mol. The van der Waals surface area contributed by atoms with Crippen LogP contribution in [0.4, 0.5) is 11.4 Å². The Labute approximate surface area is 216 Å². The van der Waals surface area contributed by atoms with Gasteiger partial charge in [0.15, 0.2) is 0 Å². The van der Waals surface area contributed by atoms with E-state index < -0.39 is 0 Å². The second kappa shape index (κ2) is 8.54. The summed E-state index contributed by atoms with van der Waals surface area (Å²) >= 11 is 0. The van der Waals surface area contributed by atoms with Crippen LogP contribution in [0.5, 0.6) is 0 Å². The second-order valence-corrected chi connectivity index (χ2v) is 10.8. The van der Waals surface area contributed by atoms with Crippen molar-refractivity contribution in [2.45, 2.75) is 50.5 Å². The Kier molecular flexibility index (Phi) is 5.13. The molecule has 0 amide bonds. The molecule has 0 radical (unpaired) electrons. The van der Waals surface area contributed by atoms with Crippen LogP contribution in [0.2, 0.25) is 0 Å². The van der Waals surface area contributed by atoms with Crippen LogP contribution in [-0.2, 0) is 6.54 Å². The maximum absolute atomic E-state index is 5.12. The van der Waals surface area contributed by atoms with Gasteiger partial charge in [0.25, 0.3) is 0 Å². The molecule has 0 spiro atoms. The minimum atomic E-state index is 0.344. The van der Waals surface area contributed by atoms with Gasteiger partial charge in [0.1, 0.15) is 11.5 Å². The Hall–Kier alpha value is -4.00. The third-order valence-electron chi connectivity index (χ3n) is 7.65. The van der Waals surface area contributed by atoms with Crippen LogP contribution in [0.1, 0.15) is 65.5 Å². The van der Waals surface area contributed by atoms with Gasteiger partial charge in [-0.15, -0.1) is 0 Å². The summed E-state index contributed by atoms with van der Waals surface area (Å²) in [5.41, 5.74) is 8.83. The molecule has 4 aromatic heterocycles. The first-order valence-corrected chi connectivity index (χ1v) is 13.1. The predicted octanol–water partition coefficient (Wildman–Crippen LogP) is 5.81. The molecule has 0 aliphatic heterocycles. The van der Waals surface area contributed by atoms with Gasteiger partial charge in [0, 0.05) is 72.7 Å². The number of nitrogens with one attached hydrogen (secondary N) is 1. The van der Waals surface area contributed by atoms with E-state index in [-0.39, 0.29) is 0 Å². The number of nitrogens with zero attached hydrogens (tertiary/aromatic N) is 6. The van der Waals surface area contributed by atoms with E-state index in [9.17, 15) is 0 Å². The van der Waals surface area contributed by atoms with Crippen LogP contribution < -0.4 is 10.2 Å². The van der Waals surface area contributed by atoms with Gasteiger partial charge in [0.2, 0.25) is 0 Å². The van der Waals surface area contributed by atoms with Crippen molar-refractivity contribution in [1.29, 1.82) is 0 Å². The number of hydrogen-bond acceptors (Lipinski definition) is 6. The first-order chi connectivity index (χ1) is 18.0. The molecule has 0 unspecified atom stereocenters. The van der Waals surface area contributed by atoms with Gasteiger partial charge in [-0.2, -0.15) is 0 Å². The minimum Gasteiger partial charge on any atom is -0.379 e. The van der Waals surface area contributed by atoms with Gasteiger partial charge in [-0.3, -0.25) is 4.98 Å². The van der Waals surface area contributed by atoms with Crippen LogP contribution >= 0.6 is 0 Å². The maximum Gasteiger partial charge on any atom is 0.137 e. The van der Waals surface area contributed by atoms with Gasteiger partial charge < -0.3 is 14.6 Å². The number of benzene rings is 1. The van der Waals surface area contributed by atoms with E-state index in [2.05, 4.69) is 87.5 Å². The zero-order valence-electron chi connectivity index (χ0n) is 21.5. The fourth-order valence-electron chi connectivity index (χ4n) is 5.35. The molecule has 0 saturated heterocycles. The van der Waals surface area contributed by atoms with Crippen molar-refractivity contribution in [1.82, 2.24) is 24.3 Å². The molecule has 2 fully saturated rings. The number of anilines is 2. The monoisotopic (exact) mass is 489 g/mol. The summed E-state index contributed by atoms with van der Waals surface area (Å²) in [6.45, 7) is 2.69. The minimum absolute atomic E-state index is 0.344. The molecule has 0 bridgehead atoms. The molecule has 7 nitrogen and oxygen atoms in total. The molecule has 7 rings (SSSR count). The summed E-state index contributed by atoms with van der Waals surface area (Å²) in [7, 11) is 4.19. The van der Waals surface area contributed by atoms with Crippen molar-refractivity contribution in [2.24, 2.45) is 0 Å². The van der Waals surface area contributed by atoms with E-state index in [1.54, 1.807) is 0 Å². The smallest absolute Gasteiger partial charge is 0.137 e. The zero-order valence-corrected chi connectivity index (χ0v) is 21.5. The van der Waals surface area contributed by atoms with Crippen LogP contribution in [0.3, 0.4) is 0 Å². The highest BCUT2D eigenvalue weighted by atomic mass is 15.1. The summed E-state index contributed by atoms with van der Waals surface area (Å²) in [5.74, 6) is 2.38.